The molecule has 14 heavy (non-hydrogen) atoms. The van der Waals surface area contributed by atoms with Crippen molar-refractivity contribution in [2.75, 3.05) is 6.54 Å². The Labute approximate surface area is 97.0 Å². The van der Waals surface area contributed by atoms with Crippen molar-refractivity contribution in [3.05, 3.63) is 33.3 Å². The summed E-state index contributed by atoms with van der Waals surface area (Å²) < 4.78 is 0.903. The van der Waals surface area contributed by atoms with Crippen LogP contribution in [0.5, 0.6) is 0 Å². The number of nitriles is 1. The van der Waals surface area contributed by atoms with Gasteiger partial charge in [0.05, 0.1) is 11.1 Å². The number of nitrogens with one attached hydrogen (secondary N) is 1. The van der Waals surface area contributed by atoms with Gasteiger partial charge >= 0.3 is 0 Å². The fourth-order valence-electron chi connectivity index (χ4n) is 1.03. The van der Waals surface area contributed by atoms with Crippen molar-refractivity contribution < 1.29 is 0 Å². The average Bonchev–Trinajstić information content (AvgIpc) is 2.18. The van der Waals surface area contributed by atoms with Crippen LogP contribution in [0.3, 0.4) is 0 Å². The van der Waals surface area contributed by atoms with E-state index in [-0.39, 0.29) is 0 Å². The second kappa shape index (κ2) is 6.02. The van der Waals surface area contributed by atoms with Crippen molar-refractivity contribution >= 4 is 27.5 Å². The van der Waals surface area contributed by atoms with Crippen LogP contribution in [0.2, 0.25) is 5.02 Å². The molecule has 0 unspecified atom stereocenters. The van der Waals surface area contributed by atoms with Gasteiger partial charge in [0.15, 0.2) is 0 Å². The van der Waals surface area contributed by atoms with E-state index < -0.39 is 0 Å². The maximum absolute atomic E-state index is 8.33. The highest BCUT2D eigenvalue weighted by Gasteiger charge is 1.98. The third kappa shape index (κ3) is 3.67. The summed E-state index contributed by atoms with van der Waals surface area (Å²) in [6.45, 7) is 1.46. The largest absolute Gasteiger partial charge is 0.312 e. The molecule has 0 saturated carbocycles. The molecular formula is C10H10BrClN2. The molecule has 2 nitrogen and oxygen atoms in total. The van der Waals surface area contributed by atoms with E-state index in [0.717, 1.165) is 16.6 Å². The van der Waals surface area contributed by atoms with Crippen LogP contribution in [-0.4, -0.2) is 6.54 Å². The number of rotatable bonds is 4. The molecule has 0 amide bonds. The fourth-order valence-corrected chi connectivity index (χ4v) is 1.48. The Morgan fingerprint density at radius 2 is 2.29 bits per heavy atom. The predicted octanol–water partition coefficient (Wildman–Crippen LogP) is 3.11. The Kier molecular flexibility index (Phi) is 4.95. The molecular weight excluding hydrogens is 263 g/mol. The summed E-state index contributed by atoms with van der Waals surface area (Å²) in [5.41, 5.74) is 1.12. The SMILES string of the molecule is N#CCCNCc1ccc(Br)c(Cl)c1. The molecule has 0 radical (unpaired) electrons. The van der Waals surface area contributed by atoms with E-state index in [1.165, 1.54) is 0 Å². The maximum atomic E-state index is 8.33. The molecule has 74 valence electrons. The topological polar surface area (TPSA) is 35.8 Å². The van der Waals surface area contributed by atoms with E-state index >= 15 is 0 Å². The van der Waals surface area contributed by atoms with Crippen LogP contribution < -0.4 is 5.32 Å². The summed E-state index contributed by atoms with van der Waals surface area (Å²) in [4.78, 5) is 0. The van der Waals surface area contributed by atoms with Crippen LogP contribution in [0.4, 0.5) is 0 Å². The van der Waals surface area contributed by atoms with Gasteiger partial charge < -0.3 is 5.32 Å². The lowest BCUT2D eigenvalue weighted by Crippen LogP contribution is -2.13. The van der Waals surface area contributed by atoms with E-state index in [9.17, 15) is 0 Å². The van der Waals surface area contributed by atoms with Crippen molar-refractivity contribution in [1.82, 2.24) is 5.32 Å². The van der Waals surface area contributed by atoms with Gasteiger partial charge in [-0.1, -0.05) is 17.7 Å². The van der Waals surface area contributed by atoms with Gasteiger partial charge in [0.2, 0.25) is 0 Å². The van der Waals surface area contributed by atoms with Crippen LogP contribution in [-0.2, 0) is 6.54 Å². The molecule has 0 aliphatic heterocycles. The fraction of sp³-hybridized carbons (Fsp3) is 0.300. The normalized spacial score (nSPS) is 9.79. The van der Waals surface area contributed by atoms with Crippen LogP contribution in [0.15, 0.2) is 22.7 Å². The molecule has 0 saturated heterocycles. The van der Waals surface area contributed by atoms with Gasteiger partial charge in [-0.2, -0.15) is 5.26 Å². The second-order valence-corrected chi connectivity index (χ2v) is 4.09. The molecule has 1 rings (SSSR count). The molecule has 4 heteroatoms. The predicted molar refractivity (Wildman–Crippen MR) is 61.1 cm³/mol. The van der Waals surface area contributed by atoms with Crippen molar-refractivity contribution in [2.45, 2.75) is 13.0 Å². The highest BCUT2D eigenvalue weighted by molar-refractivity contribution is 9.10. The summed E-state index contributed by atoms with van der Waals surface area (Å²) in [6.07, 6.45) is 0.532. The number of hydrogen-bond donors (Lipinski definition) is 1. The monoisotopic (exact) mass is 272 g/mol. The van der Waals surface area contributed by atoms with E-state index in [4.69, 9.17) is 16.9 Å². The van der Waals surface area contributed by atoms with Crippen molar-refractivity contribution in [1.29, 1.82) is 5.26 Å². The summed E-state index contributed by atoms with van der Waals surface area (Å²) in [7, 11) is 0. The van der Waals surface area contributed by atoms with Gasteiger partial charge in [-0.05, 0) is 33.6 Å². The summed E-state index contributed by atoms with van der Waals surface area (Å²) in [6, 6.07) is 7.90. The minimum Gasteiger partial charge on any atom is -0.312 e. The first-order valence-electron chi connectivity index (χ1n) is 4.25. The minimum absolute atomic E-state index is 0.532. The molecule has 0 aliphatic carbocycles. The van der Waals surface area contributed by atoms with Gasteiger partial charge in [-0.3, -0.25) is 0 Å². The lowest BCUT2D eigenvalue weighted by molar-refractivity contribution is 0.699. The quantitative estimate of drug-likeness (QED) is 0.856. The number of nitrogens with zero attached hydrogens (tertiary/aromatic N) is 1. The Hall–Kier alpha value is -0.560. The van der Waals surface area contributed by atoms with E-state index in [1.807, 2.05) is 18.2 Å². The van der Waals surface area contributed by atoms with Crippen LogP contribution >= 0.6 is 27.5 Å². The number of halogens is 2. The zero-order valence-corrected chi connectivity index (χ0v) is 9.90. The summed E-state index contributed by atoms with van der Waals surface area (Å²) >= 11 is 9.25. The lowest BCUT2D eigenvalue weighted by atomic mass is 10.2. The molecule has 0 spiro atoms. The Balaban J connectivity index is 2.44. The van der Waals surface area contributed by atoms with Gasteiger partial charge in [-0.25, -0.2) is 0 Å². The molecule has 0 fully saturated rings. The van der Waals surface area contributed by atoms with Gasteiger partial charge in [0, 0.05) is 24.0 Å². The number of benzene rings is 1. The van der Waals surface area contributed by atoms with E-state index in [1.54, 1.807) is 0 Å². The summed E-state index contributed by atoms with van der Waals surface area (Å²) in [5, 5.41) is 12.2. The van der Waals surface area contributed by atoms with Crippen molar-refractivity contribution in [3.8, 4) is 6.07 Å². The first kappa shape index (κ1) is 11.5. The van der Waals surface area contributed by atoms with E-state index in [0.29, 0.717) is 18.0 Å². The number of hydrogen-bond acceptors (Lipinski definition) is 2. The molecule has 1 N–H and O–H groups in total. The minimum atomic E-state index is 0.532. The van der Waals surface area contributed by atoms with Gasteiger partial charge in [-0.15, -0.1) is 0 Å². The van der Waals surface area contributed by atoms with Crippen LogP contribution in [0, 0.1) is 11.3 Å². The Bertz CT molecular complexity index is 346. The average molecular weight is 274 g/mol. The Morgan fingerprint density at radius 1 is 1.50 bits per heavy atom. The standard InChI is InChI=1S/C10H10BrClN2/c11-9-3-2-8(6-10(9)12)7-14-5-1-4-13/h2-3,6,14H,1,5,7H2. The lowest BCUT2D eigenvalue weighted by Gasteiger charge is -2.03. The zero-order valence-electron chi connectivity index (χ0n) is 7.56. The maximum Gasteiger partial charge on any atom is 0.0635 e. The first-order valence-corrected chi connectivity index (χ1v) is 5.42. The molecule has 0 atom stereocenters. The first-order chi connectivity index (χ1) is 6.74. The summed E-state index contributed by atoms with van der Waals surface area (Å²) in [5.74, 6) is 0. The highest BCUT2D eigenvalue weighted by atomic mass is 79.9. The van der Waals surface area contributed by atoms with Gasteiger partial charge in [0.25, 0.3) is 0 Å². The van der Waals surface area contributed by atoms with Gasteiger partial charge in [0.1, 0.15) is 0 Å². The van der Waals surface area contributed by atoms with E-state index in [2.05, 4.69) is 27.3 Å². The molecule has 0 aliphatic rings. The smallest absolute Gasteiger partial charge is 0.0635 e. The van der Waals surface area contributed by atoms with Crippen LogP contribution in [0.1, 0.15) is 12.0 Å². The molecule has 0 heterocycles. The molecule has 1 aromatic carbocycles. The zero-order chi connectivity index (χ0) is 10.4. The molecule has 1 aromatic rings. The third-order valence-electron chi connectivity index (χ3n) is 1.73. The molecule has 0 aromatic heterocycles. The second-order valence-electron chi connectivity index (χ2n) is 2.83. The third-order valence-corrected chi connectivity index (χ3v) is 2.96. The van der Waals surface area contributed by atoms with Crippen molar-refractivity contribution in [2.24, 2.45) is 0 Å². The molecule has 0 bridgehead atoms. The van der Waals surface area contributed by atoms with Crippen molar-refractivity contribution in [3.63, 3.8) is 0 Å². The van der Waals surface area contributed by atoms with Crippen LogP contribution in [0.25, 0.3) is 0 Å². The highest BCUT2D eigenvalue weighted by Crippen LogP contribution is 2.22. The Morgan fingerprint density at radius 3 is 2.93 bits per heavy atom.